The maximum absolute atomic E-state index is 12.7. The van der Waals surface area contributed by atoms with Crippen molar-refractivity contribution in [2.45, 2.75) is 6.42 Å². The molecule has 26 heavy (non-hydrogen) atoms. The lowest BCUT2D eigenvalue weighted by Crippen LogP contribution is -2.46. The number of nitrogens with zero attached hydrogens (tertiary/aromatic N) is 2. The zero-order valence-corrected chi connectivity index (χ0v) is 15.5. The molecule has 0 bridgehead atoms. The smallest absolute Gasteiger partial charge is 0.165 e. The van der Waals surface area contributed by atoms with Crippen molar-refractivity contribution in [3.63, 3.8) is 0 Å². The van der Waals surface area contributed by atoms with Gasteiger partial charge in [-0.3, -0.25) is 9.69 Å². The third-order valence-corrected chi connectivity index (χ3v) is 6.01. The van der Waals surface area contributed by atoms with E-state index in [0.717, 1.165) is 48.4 Å². The topological polar surface area (TPSA) is 49.6 Å². The number of carbonyl (C=O) groups is 1. The maximum Gasteiger partial charge on any atom is 0.165 e. The quantitative estimate of drug-likeness (QED) is 0.551. The largest absolute Gasteiger partial charge is 0.399 e. The van der Waals surface area contributed by atoms with Gasteiger partial charge in [-0.05, 0) is 30.3 Å². The SMILES string of the molecule is Nc1ccc2scc(C(=O)CCN3CCN(c4ccccc4)CC3)c2c1. The molecule has 0 amide bonds. The van der Waals surface area contributed by atoms with Crippen LogP contribution < -0.4 is 10.6 Å². The molecule has 2 heterocycles. The molecule has 134 valence electrons. The molecule has 0 spiro atoms. The first-order chi connectivity index (χ1) is 12.7. The molecule has 0 aliphatic carbocycles. The van der Waals surface area contributed by atoms with E-state index in [1.54, 1.807) is 11.3 Å². The van der Waals surface area contributed by atoms with Crippen LogP contribution in [0.2, 0.25) is 0 Å². The Kier molecular flexibility index (Phi) is 4.91. The average Bonchev–Trinajstić information content (AvgIpc) is 3.10. The van der Waals surface area contributed by atoms with E-state index in [1.165, 1.54) is 5.69 Å². The minimum atomic E-state index is 0.215. The number of piperazine rings is 1. The first-order valence-electron chi connectivity index (χ1n) is 9.03. The molecular formula is C21H23N3OS. The number of ketones is 1. The van der Waals surface area contributed by atoms with Crippen molar-refractivity contribution in [2.75, 3.05) is 43.4 Å². The van der Waals surface area contributed by atoms with Crippen molar-refractivity contribution >= 4 is 38.6 Å². The zero-order valence-electron chi connectivity index (χ0n) is 14.7. The zero-order chi connectivity index (χ0) is 17.9. The fraction of sp³-hybridized carbons (Fsp3) is 0.286. The van der Waals surface area contributed by atoms with E-state index in [9.17, 15) is 4.79 Å². The summed E-state index contributed by atoms with van der Waals surface area (Å²) in [5.74, 6) is 0.215. The minimum Gasteiger partial charge on any atom is -0.399 e. The Labute approximate surface area is 157 Å². The molecule has 0 unspecified atom stereocenters. The van der Waals surface area contributed by atoms with Gasteiger partial charge < -0.3 is 10.6 Å². The molecule has 2 N–H and O–H groups in total. The van der Waals surface area contributed by atoms with Crippen molar-refractivity contribution in [3.05, 3.63) is 59.5 Å². The second kappa shape index (κ2) is 7.48. The van der Waals surface area contributed by atoms with Crippen LogP contribution in [0.5, 0.6) is 0 Å². The van der Waals surface area contributed by atoms with Crippen molar-refractivity contribution in [1.29, 1.82) is 0 Å². The molecule has 2 aromatic carbocycles. The summed E-state index contributed by atoms with van der Waals surface area (Å²) in [6, 6.07) is 16.3. The second-order valence-corrected chi connectivity index (χ2v) is 7.65. The van der Waals surface area contributed by atoms with Crippen LogP contribution in [0.15, 0.2) is 53.9 Å². The maximum atomic E-state index is 12.7. The van der Waals surface area contributed by atoms with Gasteiger partial charge in [-0.2, -0.15) is 0 Å². The van der Waals surface area contributed by atoms with Crippen molar-refractivity contribution < 1.29 is 4.79 Å². The van der Waals surface area contributed by atoms with E-state index in [1.807, 2.05) is 29.6 Å². The molecule has 0 radical (unpaired) electrons. The number of anilines is 2. The van der Waals surface area contributed by atoms with Gasteiger partial charge in [0.25, 0.3) is 0 Å². The predicted octanol–water partition coefficient (Wildman–Crippen LogP) is 3.88. The molecule has 1 aliphatic heterocycles. The molecule has 0 saturated carbocycles. The van der Waals surface area contributed by atoms with Crippen LogP contribution in [0, 0.1) is 0 Å². The highest BCUT2D eigenvalue weighted by atomic mass is 32.1. The summed E-state index contributed by atoms with van der Waals surface area (Å²) in [6.45, 7) is 4.84. The highest BCUT2D eigenvalue weighted by Crippen LogP contribution is 2.28. The summed E-state index contributed by atoms with van der Waals surface area (Å²) in [4.78, 5) is 17.5. The van der Waals surface area contributed by atoms with Crippen molar-refractivity contribution in [1.82, 2.24) is 4.90 Å². The number of nitrogen functional groups attached to an aromatic ring is 1. The fourth-order valence-corrected chi connectivity index (χ4v) is 4.47. The summed E-state index contributed by atoms with van der Waals surface area (Å²) in [5.41, 5.74) is 8.70. The standard InChI is InChI=1S/C21H23N3OS/c22-16-6-7-21-18(14-16)19(15-26-21)20(25)8-9-23-10-12-24(13-11-23)17-4-2-1-3-5-17/h1-7,14-15H,8-13,22H2. The van der Waals surface area contributed by atoms with Crippen molar-refractivity contribution in [2.24, 2.45) is 0 Å². The molecule has 1 aliphatic rings. The highest BCUT2D eigenvalue weighted by Gasteiger charge is 2.19. The third-order valence-electron chi connectivity index (χ3n) is 5.05. The molecular weight excluding hydrogens is 342 g/mol. The summed E-state index contributed by atoms with van der Waals surface area (Å²) >= 11 is 1.61. The normalized spacial score (nSPS) is 15.5. The molecule has 1 saturated heterocycles. The number of thiophene rings is 1. The Morgan fingerprint density at radius 3 is 2.58 bits per heavy atom. The van der Waals surface area contributed by atoms with Crippen LogP contribution in [-0.2, 0) is 0 Å². The number of fused-ring (bicyclic) bond motifs is 1. The Morgan fingerprint density at radius 1 is 1.04 bits per heavy atom. The number of benzene rings is 2. The van der Waals surface area contributed by atoms with Crippen LogP contribution in [0.4, 0.5) is 11.4 Å². The van der Waals surface area contributed by atoms with Gasteiger partial charge in [-0.25, -0.2) is 0 Å². The molecule has 4 nitrogen and oxygen atoms in total. The predicted molar refractivity (Wildman–Crippen MR) is 110 cm³/mol. The minimum absolute atomic E-state index is 0.215. The number of carbonyl (C=O) groups excluding carboxylic acids is 1. The summed E-state index contributed by atoms with van der Waals surface area (Å²) < 4.78 is 1.12. The molecule has 3 aromatic rings. The van der Waals surface area contributed by atoms with Gasteiger partial charge in [-0.15, -0.1) is 11.3 Å². The van der Waals surface area contributed by atoms with Crippen molar-refractivity contribution in [3.8, 4) is 0 Å². The van der Waals surface area contributed by atoms with Crippen LogP contribution in [0.25, 0.3) is 10.1 Å². The number of rotatable bonds is 5. The van der Waals surface area contributed by atoms with Gasteiger partial charge in [-0.1, -0.05) is 18.2 Å². The van der Waals surface area contributed by atoms with E-state index < -0.39 is 0 Å². The summed E-state index contributed by atoms with van der Waals surface area (Å²) in [5, 5.41) is 2.97. The lowest BCUT2D eigenvalue weighted by Gasteiger charge is -2.36. The lowest BCUT2D eigenvalue weighted by atomic mass is 10.1. The Hall–Kier alpha value is -2.37. The van der Waals surface area contributed by atoms with Gasteiger partial charge >= 0.3 is 0 Å². The number of Topliss-reactive ketones (excluding diaryl/α,β-unsaturated/α-hetero) is 1. The Balaban J connectivity index is 1.33. The number of para-hydroxylation sites is 1. The highest BCUT2D eigenvalue weighted by molar-refractivity contribution is 7.17. The third kappa shape index (κ3) is 3.59. The van der Waals surface area contributed by atoms with Gasteiger partial charge in [0.05, 0.1) is 0 Å². The van der Waals surface area contributed by atoms with Gasteiger partial charge in [0.1, 0.15) is 0 Å². The van der Waals surface area contributed by atoms with Crippen LogP contribution in [-0.4, -0.2) is 43.4 Å². The second-order valence-electron chi connectivity index (χ2n) is 6.74. The van der Waals surface area contributed by atoms with Gasteiger partial charge in [0, 0.05) is 71.5 Å². The van der Waals surface area contributed by atoms with E-state index in [4.69, 9.17) is 5.73 Å². The van der Waals surface area contributed by atoms with Crippen LogP contribution in [0.3, 0.4) is 0 Å². The first-order valence-corrected chi connectivity index (χ1v) is 9.91. The number of hydrogen-bond donors (Lipinski definition) is 1. The Morgan fingerprint density at radius 2 is 1.81 bits per heavy atom. The Bertz CT molecular complexity index is 898. The van der Waals surface area contributed by atoms with Gasteiger partial charge in [0.2, 0.25) is 0 Å². The monoisotopic (exact) mass is 365 g/mol. The summed E-state index contributed by atoms with van der Waals surface area (Å²) in [7, 11) is 0. The number of nitrogens with two attached hydrogens (primary N) is 1. The average molecular weight is 366 g/mol. The van der Waals surface area contributed by atoms with E-state index >= 15 is 0 Å². The summed E-state index contributed by atoms with van der Waals surface area (Å²) in [6.07, 6.45) is 0.561. The molecule has 4 rings (SSSR count). The molecule has 1 fully saturated rings. The van der Waals surface area contributed by atoms with E-state index in [2.05, 4.69) is 34.1 Å². The van der Waals surface area contributed by atoms with Crippen LogP contribution >= 0.6 is 11.3 Å². The molecule has 5 heteroatoms. The fourth-order valence-electron chi connectivity index (χ4n) is 3.53. The lowest BCUT2D eigenvalue weighted by molar-refractivity contribution is 0.0964. The van der Waals surface area contributed by atoms with E-state index in [0.29, 0.717) is 12.1 Å². The molecule has 1 aromatic heterocycles. The van der Waals surface area contributed by atoms with Crippen LogP contribution in [0.1, 0.15) is 16.8 Å². The van der Waals surface area contributed by atoms with E-state index in [-0.39, 0.29) is 5.78 Å². The van der Waals surface area contributed by atoms with Gasteiger partial charge in [0.15, 0.2) is 5.78 Å². The number of hydrogen-bond acceptors (Lipinski definition) is 5. The molecule has 0 atom stereocenters. The first kappa shape index (κ1) is 17.1.